The molecular weight excluding hydrogens is 224 g/mol. The third-order valence-corrected chi connectivity index (χ3v) is 3.62. The van der Waals surface area contributed by atoms with Crippen LogP contribution in [0.2, 0.25) is 0 Å². The van der Waals surface area contributed by atoms with Gasteiger partial charge in [-0.2, -0.15) is 0 Å². The number of carboxylic acids is 1. The summed E-state index contributed by atoms with van der Waals surface area (Å²) in [6, 6.07) is 0. The number of hydrogen-bond acceptors (Lipinski definition) is 4. The number of amides is 1. The summed E-state index contributed by atoms with van der Waals surface area (Å²) in [5.41, 5.74) is -1.31. The van der Waals surface area contributed by atoms with Crippen LogP contribution in [0.1, 0.15) is 6.92 Å². The number of carbonyl (C=O) groups excluding carboxylic acids is 1. The van der Waals surface area contributed by atoms with Crippen LogP contribution in [0.5, 0.6) is 0 Å². The first-order valence-corrected chi connectivity index (χ1v) is 5.93. The molecule has 0 spiro atoms. The second kappa shape index (κ2) is 4.62. The molecule has 2 saturated heterocycles. The molecule has 0 aromatic carbocycles. The van der Waals surface area contributed by atoms with Gasteiger partial charge in [-0.25, -0.2) is 0 Å². The fourth-order valence-electron chi connectivity index (χ4n) is 2.21. The molecule has 0 saturated carbocycles. The van der Waals surface area contributed by atoms with Gasteiger partial charge in [0.25, 0.3) is 0 Å². The molecule has 17 heavy (non-hydrogen) atoms. The van der Waals surface area contributed by atoms with Crippen molar-refractivity contribution in [3.05, 3.63) is 0 Å². The van der Waals surface area contributed by atoms with Crippen LogP contribution < -0.4 is 0 Å². The number of likely N-dealkylation sites (N-methyl/N-ethyl adjacent to an activating group) is 1. The van der Waals surface area contributed by atoms with Gasteiger partial charge >= 0.3 is 5.97 Å². The minimum absolute atomic E-state index is 0.00909. The largest absolute Gasteiger partial charge is 0.480 e. The van der Waals surface area contributed by atoms with Crippen LogP contribution >= 0.6 is 0 Å². The maximum atomic E-state index is 12.2. The lowest BCUT2D eigenvalue weighted by Crippen LogP contribution is -2.62. The zero-order valence-electron chi connectivity index (χ0n) is 10.0. The van der Waals surface area contributed by atoms with Crippen LogP contribution in [-0.4, -0.2) is 72.7 Å². The van der Waals surface area contributed by atoms with E-state index in [1.807, 2.05) is 0 Å². The van der Waals surface area contributed by atoms with Crippen LogP contribution in [0.4, 0.5) is 0 Å². The second-order valence-electron chi connectivity index (χ2n) is 4.61. The highest BCUT2D eigenvalue weighted by atomic mass is 16.5. The van der Waals surface area contributed by atoms with Crippen molar-refractivity contribution < 1.29 is 19.4 Å². The van der Waals surface area contributed by atoms with E-state index < -0.39 is 11.4 Å². The lowest BCUT2D eigenvalue weighted by Gasteiger charge is -2.42. The Morgan fingerprint density at radius 3 is 2.18 bits per heavy atom. The molecule has 2 rings (SSSR count). The number of aliphatic carboxylic acids is 1. The van der Waals surface area contributed by atoms with Crippen molar-refractivity contribution in [2.45, 2.75) is 6.92 Å². The van der Waals surface area contributed by atoms with E-state index in [-0.39, 0.29) is 19.1 Å². The first-order chi connectivity index (χ1) is 8.10. The Hall–Kier alpha value is -1.14. The molecule has 0 bridgehead atoms. The smallest absolute Gasteiger partial charge is 0.324 e. The van der Waals surface area contributed by atoms with Crippen molar-refractivity contribution in [1.29, 1.82) is 0 Å². The van der Waals surface area contributed by atoms with E-state index in [1.165, 1.54) is 0 Å². The van der Waals surface area contributed by atoms with Gasteiger partial charge in [0.05, 0.1) is 13.2 Å². The number of ether oxygens (including phenoxy) is 1. The standard InChI is InChI=1S/C11H18N2O4/c1-2-12-3-5-13(6-4-12)9(14)11(10(15)16)7-17-8-11/h2-8H2,1H3,(H,15,16). The van der Waals surface area contributed by atoms with E-state index in [2.05, 4.69) is 11.8 Å². The zero-order chi connectivity index (χ0) is 12.5. The van der Waals surface area contributed by atoms with Crippen molar-refractivity contribution >= 4 is 11.9 Å². The molecule has 2 heterocycles. The monoisotopic (exact) mass is 242 g/mol. The predicted octanol–water partition coefficient (Wildman–Crippen LogP) is -0.748. The van der Waals surface area contributed by atoms with Crippen LogP contribution in [0.15, 0.2) is 0 Å². The maximum absolute atomic E-state index is 12.2. The van der Waals surface area contributed by atoms with Gasteiger partial charge in [0.15, 0.2) is 5.41 Å². The average molecular weight is 242 g/mol. The van der Waals surface area contributed by atoms with Gasteiger partial charge in [0, 0.05) is 26.2 Å². The summed E-state index contributed by atoms with van der Waals surface area (Å²) in [6.07, 6.45) is 0. The third-order valence-electron chi connectivity index (χ3n) is 3.62. The molecule has 2 fully saturated rings. The zero-order valence-corrected chi connectivity index (χ0v) is 10.0. The normalized spacial score (nSPS) is 24.2. The van der Waals surface area contributed by atoms with E-state index in [1.54, 1.807) is 4.90 Å². The van der Waals surface area contributed by atoms with Crippen LogP contribution in [0, 0.1) is 5.41 Å². The first-order valence-electron chi connectivity index (χ1n) is 5.93. The van der Waals surface area contributed by atoms with Crippen molar-refractivity contribution in [2.24, 2.45) is 5.41 Å². The van der Waals surface area contributed by atoms with Gasteiger partial charge in [0.2, 0.25) is 5.91 Å². The van der Waals surface area contributed by atoms with Gasteiger partial charge in [0.1, 0.15) is 0 Å². The molecule has 1 N–H and O–H groups in total. The Labute approximate surface area is 100 Å². The maximum Gasteiger partial charge on any atom is 0.324 e. The Morgan fingerprint density at radius 2 is 1.82 bits per heavy atom. The summed E-state index contributed by atoms with van der Waals surface area (Å²) in [5.74, 6) is -1.35. The summed E-state index contributed by atoms with van der Waals surface area (Å²) in [7, 11) is 0. The van der Waals surface area contributed by atoms with E-state index in [9.17, 15) is 9.59 Å². The number of piperazine rings is 1. The second-order valence-corrected chi connectivity index (χ2v) is 4.61. The molecule has 6 heteroatoms. The van der Waals surface area contributed by atoms with Crippen molar-refractivity contribution in [3.63, 3.8) is 0 Å². The highest BCUT2D eigenvalue weighted by molar-refractivity contribution is 6.03. The molecule has 0 atom stereocenters. The van der Waals surface area contributed by atoms with Gasteiger partial charge in [-0.15, -0.1) is 0 Å². The third kappa shape index (κ3) is 2.02. The van der Waals surface area contributed by atoms with Gasteiger partial charge in [-0.1, -0.05) is 6.92 Å². The van der Waals surface area contributed by atoms with Crippen molar-refractivity contribution in [2.75, 3.05) is 45.9 Å². The quantitative estimate of drug-likeness (QED) is 0.660. The van der Waals surface area contributed by atoms with E-state index in [0.29, 0.717) is 13.1 Å². The highest BCUT2D eigenvalue weighted by Gasteiger charge is 2.55. The summed E-state index contributed by atoms with van der Waals surface area (Å²) in [6.45, 7) is 5.93. The Kier molecular flexibility index (Phi) is 3.35. The molecule has 2 aliphatic heterocycles. The Balaban J connectivity index is 1.99. The lowest BCUT2D eigenvalue weighted by molar-refractivity contribution is -0.192. The van der Waals surface area contributed by atoms with Crippen LogP contribution in [0.3, 0.4) is 0 Å². The SMILES string of the molecule is CCN1CCN(C(=O)C2(C(=O)O)COC2)CC1. The minimum atomic E-state index is -1.31. The topological polar surface area (TPSA) is 70.1 Å². The summed E-state index contributed by atoms with van der Waals surface area (Å²) < 4.78 is 4.92. The van der Waals surface area contributed by atoms with Crippen molar-refractivity contribution in [1.82, 2.24) is 9.80 Å². The molecule has 0 radical (unpaired) electrons. The molecule has 96 valence electrons. The van der Waals surface area contributed by atoms with Gasteiger partial charge < -0.3 is 19.6 Å². The number of hydrogen-bond donors (Lipinski definition) is 1. The first kappa shape index (κ1) is 12.3. The molecule has 0 aromatic rings. The molecule has 0 unspecified atom stereocenters. The molecule has 0 aliphatic carbocycles. The fraction of sp³-hybridized carbons (Fsp3) is 0.818. The van der Waals surface area contributed by atoms with Crippen molar-refractivity contribution in [3.8, 4) is 0 Å². The summed E-state index contributed by atoms with van der Waals surface area (Å²) >= 11 is 0. The molecular formula is C11H18N2O4. The molecule has 2 aliphatic rings. The molecule has 1 amide bonds. The lowest BCUT2D eigenvalue weighted by atomic mass is 9.84. The molecule has 6 nitrogen and oxygen atoms in total. The fourth-order valence-corrected chi connectivity index (χ4v) is 2.21. The minimum Gasteiger partial charge on any atom is -0.480 e. The van der Waals surface area contributed by atoms with Crippen LogP contribution in [0.25, 0.3) is 0 Å². The number of rotatable bonds is 3. The summed E-state index contributed by atoms with van der Waals surface area (Å²) in [5, 5.41) is 9.15. The highest BCUT2D eigenvalue weighted by Crippen LogP contribution is 2.30. The Bertz CT molecular complexity index is 319. The predicted molar refractivity (Wildman–Crippen MR) is 59.6 cm³/mol. The Morgan fingerprint density at radius 1 is 1.24 bits per heavy atom. The van der Waals surface area contributed by atoms with Gasteiger partial charge in [-0.05, 0) is 6.54 Å². The number of nitrogens with zero attached hydrogens (tertiary/aromatic N) is 2. The van der Waals surface area contributed by atoms with E-state index in [0.717, 1.165) is 19.6 Å². The van der Waals surface area contributed by atoms with E-state index in [4.69, 9.17) is 9.84 Å². The average Bonchev–Trinajstić information content (AvgIpc) is 2.27. The number of carbonyl (C=O) groups is 2. The summed E-state index contributed by atoms with van der Waals surface area (Å²) in [4.78, 5) is 27.3. The van der Waals surface area contributed by atoms with E-state index >= 15 is 0 Å². The van der Waals surface area contributed by atoms with Crippen LogP contribution in [-0.2, 0) is 14.3 Å². The number of carboxylic acid groups (broad SMARTS) is 1. The van der Waals surface area contributed by atoms with Gasteiger partial charge in [-0.3, -0.25) is 9.59 Å². The molecule has 0 aromatic heterocycles.